The topological polar surface area (TPSA) is 63.2 Å². The van der Waals surface area contributed by atoms with E-state index in [0.717, 1.165) is 35.8 Å². The lowest BCUT2D eigenvalue weighted by molar-refractivity contribution is -0.146. The maximum Gasteiger partial charge on any atom is 0.252 e. The van der Waals surface area contributed by atoms with Gasteiger partial charge in [0.1, 0.15) is 5.60 Å². The molecule has 1 amide bonds. The highest BCUT2D eigenvalue weighted by Gasteiger charge is 2.39. The molecule has 0 aromatic carbocycles. The van der Waals surface area contributed by atoms with Crippen molar-refractivity contribution in [1.82, 2.24) is 15.6 Å². The summed E-state index contributed by atoms with van der Waals surface area (Å²) in [7, 11) is 1.61. The summed E-state index contributed by atoms with van der Waals surface area (Å²) in [6.07, 6.45) is 3.25. The van der Waals surface area contributed by atoms with Crippen molar-refractivity contribution in [1.29, 1.82) is 0 Å². The molecular formula is C12H19N3O2S. The summed E-state index contributed by atoms with van der Waals surface area (Å²) in [5.74, 6) is -0.0162. The molecule has 100 valence electrons. The first-order valence-electron chi connectivity index (χ1n) is 6.12. The zero-order valence-corrected chi connectivity index (χ0v) is 11.6. The monoisotopic (exact) mass is 269 g/mol. The lowest BCUT2D eigenvalue weighted by atomic mass is 9.91. The maximum atomic E-state index is 12.3. The third-order valence-corrected chi connectivity index (χ3v) is 4.22. The largest absolute Gasteiger partial charge is 0.368 e. The molecule has 0 saturated carbocycles. The summed E-state index contributed by atoms with van der Waals surface area (Å²) >= 11 is 1.60. The SMILES string of the molecule is COC1(C(=O)NCc2cnc(C)s2)CCNCC1. The Hall–Kier alpha value is -0.980. The van der Waals surface area contributed by atoms with Crippen molar-refractivity contribution in [2.75, 3.05) is 20.2 Å². The van der Waals surface area contributed by atoms with E-state index in [2.05, 4.69) is 15.6 Å². The molecule has 6 heteroatoms. The number of rotatable bonds is 4. The van der Waals surface area contributed by atoms with Gasteiger partial charge in [-0.15, -0.1) is 11.3 Å². The standard InChI is InChI=1S/C12H19N3O2S/c1-9-14-7-10(18-9)8-15-11(16)12(17-2)3-5-13-6-4-12/h7,13H,3-6,8H2,1-2H3,(H,15,16). The van der Waals surface area contributed by atoms with Crippen molar-refractivity contribution in [2.45, 2.75) is 31.9 Å². The molecule has 0 radical (unpaired) electrons. The van der Waals surface area contributed by atoms with Crippen LogP contribution in [0.4, 0.5) is 0 Å². The molecule has 1 aromatic rings. The maximum absolute atomic E-state index is 12.3. The highest BCUT2D eigenvalue weighted by Crippen LogP contribution is 2.23. The number of hydrogen-bond donors (Lipinski definition) is 2. The number of piperidine rings is 1. The summed E-state index contributed by atoms with van der Waals surface area (Å²) in [4.78, 5) is 17.5. The van der Waals surface area contributed by atoms with Crippen molar-refractivity contribution in [3.8, 4) is 0 Å². The van der Waals surface area contributed by atoms with Crippen molar-refractivity contribution in [3.05, 3.63) is 16.1 Å². The van der Waals surface area contributed by atoms with Crippen molar-refractivity contribution in [3.63, 3.8) is 0 Å². The van der Waals surface area contributed by atoms with Gasteiger partial charge in [-0.2, -0.15) is 0 Å². The van der Waals surface area contributed by atoms with E-state index in [1.54, 1.807) is 18.4 Å². The second kappa shape index (κ2) is 5.77. The Kier molecular flexibility index (Phi) is 4.31. The van der Waals surface area contributed by atoms with E-state index in [1.165, 1.54) is 0 Å². The molecule has 5 nitrogen and oxygen atoms in total. The molecule has 2 rings (SSSR count). The van der Waals surface area contributed by atoms with Crippen molar-refractivity contribution in [2.24, 2.45) is 0 Å². The lowest BCUT2D eigenvalue weighted by Crippen LogP contribution is -2.53. The molecule has 1 aromatic heterocycles. The summed E-state index contributed by atoms with van der Waals surface area (Å²) < 4.78 is 5.47. The smallest absolute Gasteiger partial charge is 0.252 e. The first-order chi connectivity index (χ1) is 8.66. The number of thiazole rings is 1. The third kappa shape index (κ3) is 2.88. The summed E-state index contributed by atoms with van der Waals surface area (Å²) in [6, 6.07) is 0. The fourth-order valence-electron chi connectivity index (χ4n) is 2.17. The number of amides is 1. The van der Waals surface area contributed by atoms with Crippen LogP contribution in [-0.4, -0.2) is 36.7 Å². The Balaban J connectivity index is 1.93. The number of hydrogen-bond acceptors (Lipinski definition) is 5. The molecule has 2 heterocycles. The van der Waals surface area contributed by atoms with E-state index in [4.69, 9.17) is 4.74 Å². The molecule has 18 heavy (non-hydrogen) atoms. The third-order valence-electron chi connectivity index (χ3n) is 3.31. The number of aryl methyl sites for hydroxylation is 1. The zero-order valence-electron chi connectivity index (χ0n) is 10.8. The van der Waals surface area contributed by atoms with Crippen LogP contribution in [0.15, 0.2) is 6.20 Å². The second-order valence-corrected chi connectivity index (χ2v) is 5.80. The molecular weight excluding hydrogens is 250 g/mol. The Labute approximate surface area is 111 Å². The van der Waals surface area contributed by atoms with Crippen LogP contribution in [0.2, 0.25) is 0 Å². The van der Waals surface area contributed by atoms with Gasteiger partial charge in [0, 0.05) is 18.2 Å². The number of carbonyl (C=O) groups is 1. The molecule has 1 aliphatic heterocycles. The minimum absolute atomic E-state index is 0.0162. The van der Waals surface area contributed by atoms with Gasteiger partial charge in [-0.05, 0) is 32.9 Å². The van der Waals surface area contributed by atoms with E-state index in [-0.39, 0.29) is 5.91 Å². The number of methoxy groups -OCH3 is 1. The number of nitrogens with one attached hydrogen (secondary N) is 2. The van der Waals surface area contributed by atoms with E-state index in [9.17, 15) is 4.79 Å². The summed E-state index contributed by atoms with van der Waals surface area (Å²) in [6.45, 7) is 4.13. The molecule has 0 spiro atoms. The molecule has 0 aliphatic carbocycles. The zero-order chi connectivity index (χ0) is 13.0. The average Bonchev–Trinajstić information content (AvgIpc) is 2.82. The normalized spacial score (nSPS) is 18.6. The molecule has 2 N–H and O–H groups in total. The van der Waals surface area contributed by atoms with E-state index >= 15 is 0 Å². The van der Waals surface area contributed by atoms with Gasteiger partial charge < -0.3 is 15.4 Å². The molecule has 0 unspecified atom stereocenters. The predicted molar refractivity (Wildman–Crippen MR) is 70.5 cm³/mol. The fourth-order valence-corrected chi connectivity index (χ4v) is 2.90. The van der Waals surface area contributed by atoms with Crippen LogP contribution < -0.4 is 10.6 Å². The highest BCUT2D eigenvalue weighted by molar-refractivity contribution is 7.11. The van der Waals surface area contributed by atoms with Crippen LogP contribution in [0.1, 0.15) is 22.7 Å². The van der Waals surface area contributed by atoms with Crippen LogP contribution in [0.25, 0.3) is 0 Å². The van der Waals surface area contributed by atoms with E-state index < -0.39 is 5.60 Å². The van der Waals surface area contributed by atoms with E-state index in [1.807, 2.05) is 13.1 Å². The number of nitrogens with zero attached hydrogens (tertiary/aromatic N) is 1. The van der Waals surface area contributed by atoms with Gasteiger partial charge in [-0.3, -0.25) is 4.79 Å². The van der Waals surface area contributed by atoms with Crippen LogP contribution in [0.3, 0.4) is 0 Å². The Morgan fingerprint density at radius 2 is 2.33 bits per heavy atom. The van der Waals surface area contributed by atoms with Gasteiger partial charge in [-0.25, -0.2) is 4.98 Å². The van der Waals surface area contributed by atoms with E-state index in [0.29, 0.717) is 6.54 Å². The minimum Gasteiger partial charge on any atom is -0.368 e. The van der Waals surface area contributed by atoms with Crippen molar-refractivity contribution >= 4 is 17.2 Å². The van der Waals surface area contributed by atoms with Crippen LogP contribution in [0.5, 0.6) is 0 Å². The van der Waals surface area contributed by atoms with Crippen LogP contribution in [-0.2, 0) is 16.1 Å². The van der Waals surface area contributed by atoms with Crippen LogP contribution in [0, 0.1) is 6.92 Å². The molecule has 0 atom stereocenters. The predicted octanol–water partition coefficient (Wildman–Crippen LogP) is 0.836. The summed E-state index contributed by atoms with van der Waals surface area (Å²) in [5.41, 5.74) is -0.662. The number of carbonyl (C=O) groups excluding carboxylic acids is 1. The Bertz CT molecular complexity index is 413. The lowest BCUT2D eigenvalue weighted by Gasteiger charge is -2.34. The Morgan fingerprint density at radius 1 is 1.61 bits per heavy atom. The number of ether oxygens (including phenoxy) is 1. The number of aromatic nitrogens is 1. The Morgan fingerprint density at radius 3 is 2.89 bits per heavy atom. The highest BCUT2D eigenvalue weighted by atomic mass is 32.1. The quantitative estimate of drug-likeness (QED) is 0.850. The first-order valence-corrected chi connectivity index (χ1v) is 6.93. The van der Waals surface area contributed by atoms with Gasteiger partial charge in [0.05, 0.1) is 11.6 Å². The molecule has 1 saturated heterocycles. The van der Waals surface area contributed by atoms with Crippen LogP contribution >= 0.6 is 11.3 Å². The van der Waals surface area contributed by atoms with Crippen molar-refractivity contribution < 1.29 is 9.53 Å². The molecule has 0 bridgehead atoms. The average molecular weight is 269 g/mol. The fraction of sp³-hybridized carbons (Fsp3) is 0.667. The minimum atomic E-state index is -0.662. The first kappa shape index (κ1) is 13.5. The van der Waals surface area contributed by atoms with Gasteiger partial charge in [0.15, 0.2) is 0 Å². The molecule has 1 fully saturated rings. The van der Waals surface area contributed by atoms with Gasteiger partial charge in [-0.1, -0.05) is 0 Å². The molecule has 1 aliphatic rings. The second-order valence-electron chi connectivity index (χ2n) is 4.48. The van der Waals surface area contributed by atoms with Gasteiger partial charge in [0.25, 0.3) is 5.91 Å². The van der Waals surface area contributed by atoms with Gasteiger partial charge in [0.2, 0.25) is 0 Å². The van der Waals surface area contributed by atoms with Gasteiger partial charge >= 0.3 is 0 Å². The summed E-state index contributed by atoms with van der Waals surface area (Å²) in [5, 5.41) is 7.21.